The number of benzene rings is 1. The lowest BCUT2D eigenvalue weighted by molar-refractivity contribution is 0.356. The molecule has 0 unspecified atom stereocenters. The maximum atomic E-state index is 5.46. The summed E-state index contributed by atoms with van der Waals surface area (Å²) in [7, 11) is 3.29. The van der Waals surface area contributed by atoms with Crippen LogP contribution in [0.5, 0.6) is 11.5 Å². The lowest BCUT2D eigenvalue weighted by Crippen LogP contribution is -2.35. The van der Waals surface area contributed by atoms with Gasteiger partial charge in [-0.15, -0.1) is 5.10 Å². The minimum Gasteiger partial charge on any atom is -0.493 e. The van der Waals surface area contributed by atoms with Crippen LogP contribution < -0.4 is 14.4 Å². The molecule has 0 spiro atoms. The molecular formula is C20H23N5O2. The molecule has 7 nitrogen and oxygen atoms in total. The maximum Gasteiger partial charge on any atom is 0.161 e. The lowest BCUT2D eigenvalue weighted by Gasteiger charge is -2.32. The van der Waals surface area contributed by atoms with Crippen LogP contribution in [-0.2, 0) is 6.42 Å². The summed E-state index contributed by atoms with van der Waals surface area (Å²) in [6.07, 6.45) is 8.49. The van der Waals surface area contributed by atoms with Gasteiger partial charge in [0.05, 0.1) is 20.4 Å². The van der Waals surface area contributed by atoms with Gasteiger partial charge in [-0.25, -0.2) is 9.97 Å². The Morgan fingerprint density at radius 2 is 1.74 bits per heavy atom. The van der Waals surface area contributed by atoms with Crippen LogP contribution in [0.2, 0.25) is 0 Å². The van der Waals surface area contributed by atoms with Crippen LogP contribution in [0, 0.1) is 5.92 Å². The number of methoxy groups -OCH3 is 2. The first kappa shape index (κ1) is 17.5. The highest BCUT2D eigenvalue weighted by Crippen LogP contribution is 2.36. The molecule has 3 aromatic rings. The first-order valence-corrected chi connectivity index (χ1v) is 9.16. The fourth-order valence-electron chi connectivity index (χ4n) is 3.67. The van der Waals surface area contributed by atoms with E-state index < -0.39 is 0 Å². The number of nitrogens with zero attached hydrogens (tertiary/aromatic N) is 5. The number of piperidine rings is 1. The smallest absolute Gasteiger partial charge is 0.161 e. The monoisotopic (exact) mass is 365 g/mol. The van der Waals surface area contributed by atoms with Gasteiger partial charge < -0.3 is 14.4 Å². The van der Waals surface area contributed by atoms with E-state index in [1.807, 2.05) is 30.6 Å². The Kier molecular flexibility index (Phi) is 5.00. The Morgan fingerprint density at radius 3 is 2.44 bits per heavy atom. The van der Waals surface area contributed by atoms with Gasteiger partial charge in [0.25, 0.3) is 0 Å². The van der Waals surface area contributed by atoms with E-state index in [9.17, 15) is 0 Å². The van der Waals surface area contributed by atoms with Crippen molar-refractivity contribution in [1.82, 2.24) is 20.2 Å². The standard InChI is InChI=1S/C20H23N5O2/c1-26-17-11-15-13-23-24-20(16(15)12-18(17)27-2)25-8-4-14(5-9-25)10-19-21-6-3-7-22-19/h3,6-7,11-14H,4-5,8-10H2,1-2H3. The van der Waals surface area contributed by atoms with Gasteiger partial charge in [0, 0.05) is 42.7 Å². The second-order valence-corrected chi connectivity index (χ2v) is 6.76. The van der Waals surface area contributed by atoms with E-state index in [-0.39, 0.29) is 0 Å². The summed E-state index contributed by atoms with van der Waals surface area (Å²) in [4.78, 5) is 11.0. The third kappa shape index (κ3) is 3.63. The van der Waals surface area contributed by atoms with Gasteiger partial charge in [0.15, 0.2) is 17.3 Å². The summed E-state index contributed by atoms with van der Waals surface area (Å²) in [6.45, 7) is 1.89. The molecule has 27 heavy (non-hydrogen) atoms. The van der Waals surface area contributed by atoms with Crippen molar-refractivity contribution in [2.24, 2.45) is 5.92 Å². The van der Waals surface area contributed by atoms with Crippen LogP contribution in [0.25, 0.3) is 10.8 Å². The molecule has 0 atom stereocenters. The minimum absolute atomic E-state index is 0.598. The van der Waals surface area contributed by atoms with Crippen molar-refractivity contribution in [3.8, 4) is 11.5 Å². The number of hydrogen-bond acceptors (Lipinski definition) is 7. The zero-order valence-corrected chi connectivity index (χ0v) is 15.6. The fraction of sp³-hybridized carbons (Fsp3) is 0.400. The van der Waals surface area contributed by atoms with Crippen molar-refractivity contribution >= 4 is 16.6 Å². The van der Waals surface area contributed by atoms with E-state index in [0.717, 1.165) is 54.8 Å². The summed E-state index contributed by atoms with van der Waals surface area (Å²) in [5, 5.41) is 10.7. The van der Waals surface area contributed by atoms with Gasteiger partial charge in [-0.1, -0.05) is 0 Å². The fourth-order valence-corrected chi connectivity index (χ4v) is 3.67. The third-order valence-electron chi connectivity index (χ3n) is 5.15. The van der Waals surface area contributed by atoms with Crippen molar-refractivity contribution in [2.75, 3.05) is 32.2 Å². The van der Waals surface area contributed by atoms with Crippen LogP contribution in [0.1, 0.15) is 18.7 Å². The molecule has 1 saturated heterocycles. The van der Waals surface area contributed by atoms with Crippen LogP contribution in [-0.4, -0.2) is 47.5 Å². The highest BCUT2D eigenvalue weighted by molar-refractivity contribution is 5.94. The number of aromatic nitrogens is 4. The molecule has 7 heteroatoms. The van der Waals surface area contributed by atoms with Crippen molar-refractivity contribution in [2.45, 2.75) is 19.3 Å². The second kappa shape index (κ2) is 7.73. The average molecular weight is 365 g/mol. The average Bonchev–Trinajstić information content (AvgIpc) is 2.73. The summed E-state index contributed by atoms with van der Waals surface area (Å²) in [5.74, 6) is 3.84. The first-order chi connectivity index (χ1) is 13.3. The molecular weight excluding hydrogens is 342 g/mol. The van der Waals surface area contributed by atoms with Gasteiger partial charge in [-0.2, -0.15) is 5.10 Å². The normalized spacial score (nSPS) is 15.1. The molecule has 140 valence electrons. The predicted octanol–water partition coefficient (Wildman–Crippen LogP) is 2.90. The molecule has 0 N–H and O–H groups in total. The van der Waals surface area contributed by atoms with Crippen LogP contribution >= 0.6 is 0 Å². The van der Waals surface area contributed by atoms with Crippen molar-refractivity contribution < 1.29 is 9.47 Å². The largest absolute Gasteiger partial charge is 0.493 e. The van der Waals surface area contributed by atoms with Crippen LogP contribution in [0.4, 0.5) is 5.82 Å². The Morgan fingerprint density at radius 1 is 1.04 bits per heavy atom. The number of rotatable bonds is 5. The summed E-state index contributed by atoms with van der Waals surface area (Å²) < 4.78 is 10.9. The van der Waals surface area contributed by atoms with E-state index in [2.05, 4.69) is 25.1 Å². The Bertz CT molecular complexity index is 911. The van der Waals surface area contributed by atoms with Crippen molar-refractivity contribution in [3.63, 3.8) is 0 Å². The SMILES string of the molecule is COc1cc2cnnc(N3CCC(Cc4ncccn4)CC3)c2cc1OC. The zero-order valence-electron chi connectivity index (χ0n) is 15.6. The quantitative estimate of drug-likeness (QED) is 0.688. The highest BCUT2D eigenvalue weighted by atomic mass is 16.5. The van der Waals surface area contributed by atoms with Gasteiger partial charge in [-0.3, -0.25) is 0 Å². The third-order valence-corrected chi connectivity index (χ3v) is 5.15. The van der Waals surface area contributed by atoms with Crippen molar-refractivity contribution in [1.29, 1.82) is 0 Å². The molecule has 4 rings (SSSR count). The van der Waals surface area contributed by atoms with Gasteiger partial charge >= 0.3 is 0 Å². The minimum atomic E-state index is 0.598. The Labute approximate surface area is 158 Å². The maximum absolute atomic E-state index is 5.46. The van der Waals surface area contributed by atoms with E-state index in [0.29, 0.717) is 17.4 Å². The van der Waals surface area contributed by atoms with Crippen LogP contribution in [0.3, 0.4) is 0 Å². The van der Waals surface area contributed by atoms with E-state index in [1.54, 1.807) is 20.4 Å². The summed E-state index contributed by atoms with van der Waals surface area (Å²) in [5.41, 5.74) is 0. The number of fused-ring (bicyclic) bond motifs is 1. The zero-order chi connectivity index (χ0) is 18.6. The molecule has 2 aromatic heterocycles. The number of hydrogen-bond donors (Lipinski definition) is 0. The molecule has 0 bridgehead atoms. The molecule has 0 saturated carbocycles. The van der Waals surface area contributed by atoms with Crippen LogP contribution in [0.15, 0.2) is 36.8 Å². The van der Waals surface area contributed by atoms with E-state index in [4.69, 9.17) is 9.47 Å². The number of anilines is 1. The molecule has 1 aliphatic rings. The molecule has 1 aromatic carbocycles. The second-order valence-electron chi connectivity index (χ2n) is 6.76. The summed E-state index contributed by atoms with van der Waals surface area (Å²) >= 11 is 0. The summed E-state index contributed by atoms with van der Waals surface area (Å²) in [6, 6.07) is 5.79. The lowest BCUT2D eigenvalue weighted by atomic mass is 9.93. The molecule has 0 amide bonds. The molecule has 0 aliphatic carbocycles. The van der Waals surface area contributed by atoms with Gasteiger partial charge in [-0.05, 0) is 37.0 Å². The molecule has 1 fully saturated rings. The molecule has 3 heterocycles. The molecule has 0 radical (unpaired) electrons. The van der Waals surface area contributed by atoms with Gasteiger partial charge in [0.1, 0.15) is 5.82 Å². The molecule has 1 aliphatic heterocycles. The Hall–Kier alpha value is -2.96. The number of ether oxygens (including phenoxy) is 2. The predicted molar refractivity (Wildman–Crippen MR) is 103 cm³/mol. The Balaban J connectivity index is 1.53. The van der Waals surface area contributed by atoms with Gasteiger partial charge in [0.2, 0.25) is 0 Å². The highest BCUT2D eigenvalue weighted by Gasteiger charge is 2.23. The van der Waals surface area contributed by atoms with E-state index >= 15 is 0 Å². The van der Waals surface area contributed by atoms with E-state index in [1.165, 1.54) is 0 Å². The topological polar surface area (TPSA) is 73.3 Å². The first-order valence-electron chi connectivity index (χ1n) is 9.16. The van der Waals surface area contributed by atoms with Crippen molar-refractivity contribution in [3.05, 3.63) is 42.6 Å².